The summed E-state index contributed by atoms with van der Waals surface area (Å²) in [6, 6.07) is 6.13. The van der Waals surface area contributed by atoms with Crippen LogP contribution in [0.5, 0.6) is 5.75 Å². The Labute approximate surface area is 130 Å². The molecule has 0 aliphatic heterocycles. The minimum absolute atomic E-state index is 0.0315. The van der Waals surface area contributed by atoms with Crippen LogP contribution in [0.15, 0.2) is 30.3 Å². The Kier molecular flexibility index (Phi) is 6.10. The largest absolute Gasteiger partial charge is 0.426 e. The molecule has 22 heavy (non-hydrogen) atoms. The molecule has 0 radical (unpaired) electrons. The Bertz CT molecular complexity index is 510. The van der Waals surface area contributed by atoms with E-state index in [-0.39, 0.29) is 11.9 Å². The van der Waals surface area contributed by atoms with Crippen molar-refractivity contribution in [2.24, 2.45) is 11.8 Å². The van der Waals surface area contributed by atoms with Gasteiger partial charge in [-0.2, -0.15) is 8.78 Å². The summed E-state index contributed by atoms with van der Waals surface area (Å²) in [5.41, 5.74) is 0.389. The fourth-order valence-electron chi connectivity index (χ4n) is 3.05. The summed E-state index contributed by atoms with van der Waals surface area (Å²) in [4.78, 5) is 12.1. The molecule has 2 nitrogen and oxygen atoms in total. The number of ether oxygens (including phenoxy) is 1. The highest BCUT2D eigenvalue weighted by Crippen LogP contribution is 2.32. The van der Waals surface area contributed by atoms with Gasteiger partial charge in [-0.15, -0.1) is 0 Å². The van der Waals surface area contributed by atoms with Crippen molar-refractivity contribution in [3.8, 4) is 5.75 Å². The standard InChI is InChI=1S/C18H22F2O2/c1-2-3-13-4-8-15(9-5-13)18(21)22-16-10-6-14(7-11-16)12-17(19)20/h6-7,10-13,15H,2-5,8-9H2,1H3. The van der Waals surface area contributed by atoms with Crippen molar-refractivity contribution in [3.05, 3.63) is 35.9 Å². The van der Waals surface area contributed by atoms with Crippen LogP contribution < -0.4 is 4.74 Å². The summed E-state index contributed by atoms with van der Waals surface area (Å²) in [5, 5.41) is 0. The predicted molar refractivity (Wildman–Crippen MR) is 82.6 cm³/mol. The molecule has 1 aliphatic rings. The molecule has 1 aromatic carbocycles. The first-order valence-corrected chi connectivity index (χ1v) is 7.93. The molecule has 0 atom stereocenters. The van der Waals surface area contributed by atoms with E-state index in [4.69, 9.17) is 4.74 Å². The molecule has 1 aromatic rings. The Balaban J connectivity index is 1.86. The summed E-state index contributed by atoms with van der Waals surface area (Å²) in [6.07, 6.45) is 5.42. The van der Waals surface area contributed by atoms with Crippen molar-refractivity contribution >= 4 is 12.0 Å². The van der Waals surface area contributed by atoms with E-state index >= 15 is 0 Å². The van der Waals surface area contributed by atoms with Gasteiger partial charge in [0.25, 0.3) is 6.08 Å². The van der Waals surface area contributed by atoms with Gasteiger partial charge < -0.3 is 4.74 Å². The van der Waals surface area contributed by atoms with Crippen molar-refractivity contribution in [1.82, 2.24) is 0 Å². The first kappa shape index (κ1) is 16.7. The number of halogens is 2. The molecule has 0 spiro atoms. The third-order valence-electron chi connectivity index (χ3n) is 4.25. The second-order valence-electron chi connectivity index (χ2n) is 5.93. The molecular weight excluding hydrogens is 286 g/mol. The monoisotopic (exact) mass is 308 g/mol. The third kappa shape index (κ3) is 4.93. The number of benzene rings is 1. The molecule has 0 saturated heterocycles. The van der Waals surface area contributed by atoms with E-state index in [0.717, 1.165) is 37.7 Å². The van der Waals surface area contributed by atoms with E-state index in [9.17, 15) is 13.6 Å². The van der Waals surface area contributed by atoms with Crippen LogP contribution in [0.1, 0.15) is 51.0 Å². The van der Waals surface area contributed by atoms with Crippen LogP contribution in [-0.2, 0) is 4.79 Å². The van der Waals surface area contributed by atoms with Crippen LogP contribution in [0.2, 0.25) is 0 Å². The Morgan fingerprint density at radius 1 is 1.18 bits per heavy atom. The molecule has 0 N–H and O–H groups in total. The summed E-state index contributed by atoms with van der Waals surface area (Å²) >= 11 is 0. The minimum atomic E-state index is -1.74. The van der Waals surface area contributed by atoms with Gasteiger partial charge >= 0.3 is 5.97 Å². The van der Waals surface area contributed by atoms with Crippen molar-refractivity contribution < 1.29 is 18.3 Å². The lowest BCUT2D eigenvalue weighted by molar-refractivity contribution is -0.140. The predicted octanol–water partition coefficient (Wildman–Crippen LogP) is 5.44. The highest BCUT2D eigenvalue weighted by Gasteiger charge is 2.27. The fourth-order valence-corrected chi connectivity index (χ4v) is 3.05. The fraction of sp³-hybridized carbons (Fsp3) is 0.500. The molecule has 1 fully saturated rings. The quantitative estimate of drug-likeness (QED) is 0.535. The highest BCUT2D eigenvalue weighted by atomic mass is 19.3. The number of rotatable bonds is 5. The van der Waals surface area contributed by atoms with Gasteiger partial charge in [-0.1, -0.05) is 31.9 Å². The molecule has 0 heterocycles. The molecule has 1 saturated carbocycles. The lowest BCUT2D eigenvalue weighted by Gasteiger charge is -2.26. The maximum absolute atomic E-state index is 12.1. The van der Waals surface area contributed by atoms with Crippen LogP contribution in [0.25, 0.3) is 6.08 Å². The minimum Gasteiger partial charge on any atom is -0.426 e. The van der Waals surface area contributed by atoms with E-state index in [2.05, 4.69) is 6.92 Å². The van der Waals surface area contributed by atoms with Gasteiger partial charge in [0.2, 0.25) is 0 Å². The average molecular weight is 308 g/mol. The van der Waals surface area contributed by atoms with Crippen LogP contribution in [0, 0.1) is 11.8 Å². The zero-order chi connectivity index (χ0) is 15.9. The van der Waals surface area contributed by atoms with Gasteiger partial charge in [0.05, 0.1) is 5.92 Å². The summed E-state index contributed by atoms with van der Waals surface area (Å²) in [7, 11) is 0. The van der Waals surface area contributed by atoms with E-state index in [1.807, 2.05) is 0 Å². The van der Waals surface area contributed by atoms with E-state index in [0.29, 0.717) is 11.3 Å². The second-order valence-corrected chi connectivity index (χ2v) is 5.93. The molecule has 2 rings (SSSR count). The summed E-state index contributed by atoms with van der Waals surface area (Å²) < 4.78 is 29.6. The molecule has 4 heteroatoms. The van der Waals surface area contributed by atoms with Crippen LogP contribution >= 0.6 is 0 Å². The van der Waals surface area contributed by atoms with Crippen LogP contribution in [-0.4, -0.2) is 5.97 Å². The smallest absolute Gasteiger partial charge is 0.314 e. The van der Waals surface area contributed by atoms with E-state index in [1.54, 1.807) is 12.1 Å². The van der Waals surface area contributed by atoms with Gasteiger partial charge in [-0.25, -0.2) is 0 Å². The molecule has 0 amide bonds. The number of hydrogen-bond donors (Lipinski definition) is 0. The zero-order valence-electron chi connectivity index (χ0n) is 12.9. The molecule has 0 aromatic heterocycles. The van der Waals surface area contributed by atoms with Crippen molar-refractivity contribution in [1.29, 1.82) is 0 Å². The van der Waals surface area contributed by atoms with Crippen LogP contribution in [0.3, 0.4) is 0 Å². The number of hydrogen-bond acceptors (Lipinski definition) is 2. The maximum Gasteiger partial charge on any atom is 0.314 e. The third-order valence-corrected chi connectivity index (χ3v) is 4.25. The Hall–Kier alpha value is -1.71. The van der Waals surface area contributed by atoms with Gasteiger partial charge in [-0.05, 0) is 49.3 Å². The van der Waals surface area contributed by atoms with E-state index in [1.165, 1.54) is 25.0 Å². The summed E-state index contributed by atoms with van der Waals surface area (Å²) in [5.74, 6) is 0.929. The van der Waals surface area contributed by atoms with E-state index < -0.39 is 6.08 Å². The normalized spacial score (nSPS) is 21.2. The summed E-state index contributed by atoms with van der Waals surface area (Å²) in [6.45, 7) is 2.19. The number of esters is 1. The number of carbonyl (C=O) groups excluding carboxylic acids is 1. The van der Waals surface area contributed by atoms with Crippen LogP contribution in [0.4, 0.5) is 8.78 Å². The lowest BCUT2D eigenvalue weighted by atomic mass is 9.80. The first-order chi connectivity index (χ1) is 10.6. The van der Waals surface area contributed by atoms with Crippen molar-refractivity contribution in [2.45, 2.75) is 45.4 Å². The van der Waals surface area contributed by atoms with Gasteiger partial charge in [0.1, 0.15) is 5.75 Å². The molecule has 0 bridgehead atoms. The topological polar surface area (TPSA) is 26.3 Å². The number of carbonyl (C=O) groups is 1. The van der Waals surface area contributed by atoms with Gasteiger partial charge in [0.15, 0.2) is 0 Å². The molecule has 120 valence electrons. The first-order valence-electron chi connectivity index (χ1n) is 7.93. The van der Waals surface area contributed by atoms with Crippen molar-refractivity contribution in [3.63, 3.8) is 0 Å². The zero-order valence-corrected chi connectivity index (χ0v) is 12.9. The second kappa shape index (κ2) is 8.06. The SMILES string of the molecule is CCCC1CCC(C(=O)Oc2ccc(C=C(F)F)cc2)CC1. The average Bonchev–Trinajstić information content (AvgIpc) is 2.50. The molecule has 0 unspecified atom stereocenters. The van der Waals surface area contributed by atoms with Gasteiger partial charge in [-0.3, -0.25) is 4.79 Å². The van der Waals surface area contributed by atoms with Gasteiger partial charge in [0, 0.05) is 6.08 Å². The van der Waals surface area contributed by atoms with Crippen molar-refractivity contribution in [2.75, 3.05) is 0 Å². The Morgan fingerprint density at radius 3 is 2.36 bits per heavy atom. The molecule has 1 aliphatic carbocycles. The maximum atomic E-state index is 12.1. The Morgan fingerprint density at radius 2 is 1.82 bits per heavy atom. The lowest BCUT2D eigenvalue weighted by Crippen LogP contribution is -2.25. The highest BCUT2D eigenvalue weighted by molar-refractivity contribution is 5.75. The molecular formula is C18H22F2O2.